The van der Waals surface area contributed by atoms with Crippen molar-refractivity contribution < 1.29 is 4.74 Å². The van der Waals surface area contributed by atoms with Crippen molar-refractivity contribution in [3.05, 3.63) is 28.8 Å². The van der Waals surface area contributed by atoms with E-state index in [-0.39, 0.29) is 0 Å². The summed E-state index contributed by atoms with van der Waals surface area (Å²) in [6.45, 7) is 7.83. The van der Waals surface area contributed by atoms with Crippen molar-refractivity contribution in [2.24, 2.45) is 0 Å². The van der Waals surface area contributed by atoms with Gasteiger partial charge in [-0.15, -0.1) is 0 Å². The van der Waals surface area contributed by atoms with E-state index in [0.717, 1.165) is 18.7 Å². The van der Waals surface area contributed by atoms with Gasteiger partial charge in [0.15, 0.2) is 0 Å². The molecule has 1 heterocycles. The lowest BCUT2D eigenvalue weighted by Gasteiger charge is -2.26. The first kappa shape index (κ1) is 14.4. The predicted molar refractivity (Wildman–Crippen MR) is 81.2 cm³/mol. The SMILES string of the molecule is COc1c(C)ccc(C(C)C)c1CC1CCCCN1. The molecule has 2 nitrogen and oxygen atoms in total. The molecule has 106 valence electrons. The molecule has 0 amide bonds. The molecule has 0 spiro atoms. The summed E-state index contributed by atoms with van der Waals surface area (Å²) in [6, 6.07) is 5.08. The maximum absolute atomic E-state index is 5.68. The number of rotatable bonds is 4. The van der Waals surface area contributed by atoms with Crippen LogP contribution in [0.4, 0.5) is 0 Å². The van der Waals surface area contributed by atoms with Gasteiger partial charge in [-0.1, -0.05) is 32.4 Å². The Hall–Kier alpha value is -1.02. The molecule has 1 aliphatic heterocycles. The molecular weight excluding hydrogens is 234 g/mol. The number of aryl methyl sites for hydroxylation is 1. The van der Waals surface area contributed by atoms with Crippen molar-refractivity contribution in [3.8, 4) is 5.75 Å². The fourth-order valence-corrected chi connectivity index (χ4v) is 3.14. The van der Waals surface area contributed by atoms with Crippen molar-refractivity contribution in [2.75, 3.05) is 13.7 Å². The van der Waals surface area contributed by atoms with Gasteiger partial charge in [0.05, 0.1) is 7.11 Å². The number of methoxy groups -OCH3 is 1. The molecule has 1 N–H and O–H groups in total. The van der Waals surface area contributed by atoms with Gasteiger partial charge in [-0.05, 0) is 55.3 Å². The number of hydrogen-bond acceptors (Lipinski definition) is 2. The highest BCUT2D eigenvalue weighted by Crippen LogP contribution is 2.32. The van der Waals surface area contributed by atoms with E-state index in [1.807, 2.05) is 0 Å². The third-order valence-electron chi connectivity index (χ3n) is 4.18. The molecule has 0 bridgehead atoms. The van der Waals surface area contributed by atoms with E-state index in [2.05, 4.69) is 38.2 Å². The van der Waals surface area contributed by atoms with E-state index >= 15 is 0 Å². The average molecular weight is 261 g/mol. The van der Waals surface area contributed by atoms with Crippen molar-refractivity contribution >= 4 is 0 Å². The van der Waals surface area contributed by atoms with Gasteiger partial charge >= 0.3 is 0 Å². The van der Waals surface area contributed by atoms with Crippen LogP contribution < -0.4 is 10.1 Å². The van der Waals surface area contributed by atoms with Crippen molar-refractivity contribution in [2.45, 2.75) is 58.4 Å². The Labute approximate surface area is 117 Å². The smallest absolute Gasteiger partial charge is 0.125 e. The van der Waals surface area contributed by atoms with Gasteiger partial charge in [0.1, 0.15) is 5.75 Å². The first-order valence-corrected chi connectivity index (χ1v) is 7.53. The second-order valence-corrected chi connectivity index (χ2v) is 5.99. The van der Waals surface area contributed by atoms with Crippen LogP contribution in [0.3, 0.4) is 0 Å². The third-order valence-corrected chi connectivity index (χ3v) is 4.18. The molecular formula is C17H27NO. The summed E-state index contributed by atoms with van der Waals surface area (Å²) in [5.41, 5.74) is 4.10. The fraction of sp³-hybridized carbons (Fsp3) is 0.647. The normalized spacial score (nSPS) is 19.7. The molecule has 19 heavy (non-hydrogen) atoms. The lowest BCUT2D eigenvalue weighted by Crippen LogP contribution is -2.36. The quantitative estimate of drug-likeness (QED) is 0.890. The van der Waals surface area contributed by atoms with Crippen LogP contribution in [0, 0.1) is 6.92 Å². The van der Waals surface area contributed by atoms with E-state index in [4.69, 9.17) is 4.74 Å². The van der Waals surface area contributed by atoms with E-state index in [0.29, 0.717) is 12.0 Å². The van der Waals surface area contributed by atoms with Gasteiger partial charge in [0.25, 0.3) is 0 Å². The molecule has 1 aromatic rings. The van der Waals surface area contributed by atoms with Gasteiger partial charge in [-0.25, -0.2) is 0 Å². The van der Waals surface area contributed by atoms with Gasteiger partial charge in [0, 0.05) is 6.04 Å². The van der Waals surface area contributed by atoms with E-state index < -0.39 is 0 Å². The Kier molecular flexibility index (Phi) is 4.87. The van der Waals surface area contributed by atoms with Crippen LogP contribution >= 0.6 is 0 Å². The lowest BCUT2D eigenvalue weighted by molar-refractivity contribution is 0.378. The number of ether oxygens (including phenoxy) is 1. The first-order valence-electron chi connectivity index (χ1n) is 7.53. The lowest BCUT2D eigenvalue weighted by atomic mass is 9.88. The van der Waals surface area contributed by atoms with E-state index in [1.165, 1.54) is 36.0 Å². The zero-order valence-corrected chi connectivity index (χ0v) is 12.8. The van der Waals surface area contributed by atoms with Gasteiger partial charge in [-0.2, -0.15) is 0 Å². The van der Waals surface area contributed by atoms with Crippen LogP contribution in [0.2, 0.25) is 0 Å². The second-order valence-electron chi connectivity index (χ2n) is 5.99. The third kappa shape index (κ3) is 3.30. The van der Waals surface area contributed by atoms with Crippen molar-refractivity contribution in [1.82, 2.24) is 5.32 Å². The number of nitrogens with one attached hydrogen (secondary N) is 1. The highest BCUT2D eigenvalue weighted by Gasteiger charge is 2.20. The zero-order valence-electron chi connectivity index (χ0n) is 12.8. The van der Waals surface area contributed by atoms with Crippen LogP contribution in [-0.2, 0) is 6.42 Å². The maximum atomic E-state index is 5.68. The molecule has 0 aliphatic carbocycles. The van der Waals surface area contributed by atoms with Crippen molar-refractivity contribution in [3.63, 3.8) is 0 Å². The highest BCUT2D eigenvalue weighted by atomic mass is 16.5. The molecule has 1 aliphatic rings. The van der Waals surface area contributed by atoms with Crippen LogP contribution in [0.5, 0.6) is 5.75 Å². The Morgan fingerprint density at radius 1 is 1.32 bits per heavy atom. The number of benzene rings is 1. The Bertz CT molecular complexity index is 420. The van der Waals surface area contributed by atoms with E-state index in [1.54, 1.807) is 7.11 Å². The second kappa shape index (κ2) is 6.42. The summed E-state index contributed by atoms with van der Waals surface area (Å²) in [5.74, 6) is 1.65. The molecule has 1 unspecified atom stereocenters. The molecule has 1 saturated heterocycles. The fourth-order valence-electron chi connectivity index (χ4n) is 3.14. The summed E-state index contributed by atoms with van der Waals surface area (Å²) in [4.78, 5) is 0. The Balaban J connectivity index is 2.31. The minimum Gasteiger partial charge on any atom is -0.496 e. The maximum Gasteiger partial charge on any atom is 0.125 e. The van der Waals surface area contributed by atoms with Gasteiger partial charge in [0.2, 0.25) is 0 Å². The molecule has 2 rings (SSSR count). The van der Waals surface area contributed by atoms with Crippen molar-refractivity contribution in [1.29, 1.82) is 0 Å². The Morgan fingerprint density at radius 2 is 2.11 bits per heavy atom. The molecule has 1 atom stereocenters. The van der Waals surface area contributed by atoms with Gasteiger partial charge in [-0.3, -0.25) is 0 Å². The largest absolute Gasteiger partial charge is 0.496 e. The van der Waals surface area contributed by atoms with Crippen LogP contribution in [-0.4, -0.2) is 19.7 Å². The highest BCUT2D eigenvalue weighted by molar-refractivity contribution is 5.47. The summed E-state index contributed by atoms with van der Waals surface area (Å²) < 4.78 is 5.68. The molecule has 2 heteroatoms. The summed E-state index contributed by atoms with van der Waals surface area (Å²) in [6.07, 6.45) is 5.05. The van der Waals surface area contributed by atoms with Crippen LogP contribution in [0.15, 0.2) is 12.1 Å². The average Bonchev–Trinajstić information content (AvgIpc) is 2.40. The van der Waals surface area contributed by atoms with E-state index in [9.17, 15) is 0 Å². The molecule has 0 saturated carbocycles. The summed E-state index contributed by atoms with van der Waals surface area (Å²) >= 11 is 0. The number of piperidine rings is 1. The van der Waals surface area contributed by atoms with Gasteiger partial charge < -0.3 is 10.1 Å². The first-order chi connectivity index (χ1) is 9.13. The zero-order chi connectivity index (χ0) is 13.8. The summed E-state index contributed by atoms with van der Waals surface area (Å²) in [7, 11) is 1.80. The molecule has 1 fully saturated rings. The van der Waals surface area contributed by atoms with Crippen LogP contribution in [0.25, 0.3) is 0 Å². The molecule has 0 radical (unpaired) electrons. The standard InChI is InChI=1S/C17H27NO/c1-12(2)15-9-8-13(3)17(19-4)16(15)11-14-7-5-6-10-18-14/h8-9,12,14,18H,5-7,10-11H2,1-4H3. The Morgan fingerprint density at radius 3 is 2.68 bits per heavy atom. The topological polar surface area (TPSA) is 21.3 Å². The predicted octanol–water partition coefficient (Wildman–Crippen LogP) is 3.81. The number of hydrogen-bond donors (Lipinski definition) is 1. The summed E-state index contributed by atoms with van der Waals surface area (Å²) in [5, 5.41) is 3.65. The minimum absolute atomic E-state index is 0.549. The minimum atomic E-state index is 0.549. The molecule has 0 aromatic heterocycles. The monoisotopic (exact) mass is 261 g/mol. The van der Waals surface area contributed by atoms with Crippen LogP contribution in [0.1, 0.15) is 55.7 Å². The molecule has 1 aromatic carbocycles.